The van der Waals surface area contributed by atoms with Gasteiger partial charge in [0.1, 0.15) is 5.69 Å². The number of carbonyl (C=O) groups is 2. The molecule has 8 nitrogen and oxygen atoms in total. The molecule has 0 heterocycles. The summed E-state index contributed by atoms with van der Waals surface area (Å²) in [5.74, 6) is -1.03. The zero-order valence-electron chi connectivity index (χ0n) is 11.2. The Balaban J connectivity index is 2.86. The molecule has 0 fully saturated rings. The quantitative estimate of drug-likeness (QED) is 0.525. The van der Waals surface area contributed by atoms with Gasteiger partial charge in [-0.25, -0.2) is 0 Å². The van der Waals surface area contributed by atoms with E-state index in [2.05, 4.69) is 10.6 Å². The van der Waals surface area contributed by atoms with Crippen molar-refractivity contribution in [1.29, 1.82) is 0 Å². The molecular formula is C12H16N4O4. The van der Waals surface area contributed by atoms with E-state index in [1.807, 2.05) is 0 Å². The van der Waals surface area contributed by atoms with Gasteiger partial charge in [-0.2, -0.15) is 0 Å². The van der Waals surface area contributed by atoms with Crippen LogP contribution in [0.5, 0.6) is 0 Å². The van der Waals surface area contributed by atoms with Crippen molar-refractivity contribution in [2.24, 2.45) is 5.73 Å². The minimum Gasteiger partial charge on any atom is -0.346 e. The van der Waals surface area contributed by atoms with Gasteiger partial charge in [-0.05, 0) is 31.0 Å². The van der Waals surface area contributed by atoms with E-state index in [1.165, 1.54) is 12.1 Å². The van der Waals surface area contributed by atoms with Crippen molar-refractivity contribution in [3.63, 3.8) is 0 Å². The molecule has 1 aromatic rings. The minimum absolute atomic E-state index is 0.102. The molecule has 0 saturated carbocycles. The van der Waals surface area contributed by atoms with E-state index >= 15 is 0 Å². The highest BCUT2D eigenvalue weighted by Crippen LogP contribution is 2.27. The van der Waals surface area contributed by atoms with Crippen molar-refractivity contribution >= 4 is 23.2 Å². The van der Waals surface area contributed by atoms with Crippen molar-refractivity contribution < 1.29 is 14.5 Å². The van der Waals surface area contributed by atoms with Crippen LogP contribution in [0.4, 0.5) is 11.4 Å². The second-order valence-corrected chi connectivity index (χ2v) is 4.24. The lowest BCUT2D eigenvalue weighted by Gasteiger charge is -2.09. The third kappa shape index (κ3) is 4.02. The number of benzene rings is 1. The summed E-state index contributed by atoms with van der Waals surface area (Å²) in [6.07, 6.45) is 0. The highest BCUT2D eigenvalue weighted by Gasteiger charge is 2.17. The molecule has 1 aromatic carbocycles. The Morgan fingerprint density at radius 3 is 2.40 bits per heavy atom. The fourth-order valence-electron chi connectivity index (χ4n) is 1.50. The molecule has 108 valence electrons. The Morgan fingerprint density at radius 1 is 1.25 bits per heavy atom. The minimum atomic E-state index is -0.569. The third-order valence-electron chi connectivity index (χ3n) is 2.71. The largest absolute Gasteiger partial charge is 0.346 e. The molecule has 0 radical (unpaired) electrons. The van der Waals surface area contributed by atoms with Crippen molar-refractivity contribution in [1.82, 2.24) is 5.32 Å². The van der Waals surface area contributed by atoms with Crippen LogP contribution >= 0.6 is 0 Å². The maximum absolute atomic E-state index is 11.6. The Labute approximate surface area is 115 Å². The van der Waals surface area contributed by atoms with Crippen LogP contribution < -0.4 is 16.4 Å². The molecule has 0 spiro atoms. The van der Waals surface area contributed by atoms with Gasteiger partial charge in [0.15, 0.2) is 0 Å². The molecular weight excluding hydrogens is 264 g/mol. The van der Waals surface area contributed by atoms with Crippen LogP contribution in [0.2, 0.25) is 0 Å². The smallest absolute Gasteiger partial charge is 0.293 e. The molecule has 0 aliphatic carbocycles. The summed E-state index contributed by atoms with van der Waals surface area (Å²) >= 11 is 0. The fourth-order valence-corrected chi connectivity index (χ4v) is 1.50. The zero-order chi connectivity index (χ0) is 15.3. The van der Waals surface area contributed by atoms with Crippen molar-refractivity contribution in [2.45, 2.75) is 13.8 Å². The average molecular weight is 280 g/mol. The second-order valence-electron chi connectivity index (χ2n) is 4.24. The maximum atomic E-state index is 11.6. The van der Waals surface area contributed by atoms with E-state index in [-0.39, 0.29) is 24.5 Å². The average Bonchev–Trinajstić information content (AvgIpc) is 2.39. The van der Waals surface area contributed by atoms with E-state index in [1.54, 1.807) is 13.8 Å². The van der Waals surface area contributed by atoms with Crippen LogP contribution in [0.1, 0.15) is 11.1 Å². The molecule has 0 aliphatic heterocycles. The number of rotatable bonds is 5. The molecule has 0 saturated heterocycles. The first-order chi connectivity index (χ1) is 9.35. The first-order valence-electron chi connectivity index (χ1n) is 5.87. The summed E-state index contributed by atoms with van der Waals surface area (Å²) in [4.78, 5) is 32.9. The van der Waals surface area contributed by atoms with Crippen molar-refractivity contribution in [3.05, 3.63) is 33.4 Å². The maximum Gasteiger partial charge on any atom is 0.293 e. The highest BCUT2D eigenvalue weighted by molar-refractivity contribution is 5.96. The van der Waals surface area contributed by atoms with Crippen LogP contribution in [0.15, 0.2) is 12.1 Å². The van der Waals surface area contributed by atoms with Crippen LogP contribution in [0.3, 0.4) is 0 Å². The van der Waals surface area contributed by atoms with E-state index in [4.69, 9.17) is 5.73 Å². The molecule has 2 amide bonds. The Morgan fingerprint density at radius 2 is 1.85 bits per heavy atom. The Bertz CT molecular complexity index is 557. The highest BCUT2D eigenvalue weighted by atomic mass is 16.6. The molecule has 8 heteroatoms. The zero-order valence-corrected chi connectivity index (χ0v) is 11.2. The normalized spacial score (nSPS) is 9.95. The van der Waals surface area contributed by atoms with Gasteiger partial charge >= 0.3 is 0 Å². The van der Waals surface area contributed by atoms with Gasteiger partial charge in [-0.3, -0.25) is 19.7 Å². The summed E-state index contributed by atoms with van der Waals surface area (Å²) in [5, 5.41) is 15.6. The van der Waals surface area contributed by atoms with Crippen molar-refractivity contribution in [3.8, 4) is 0 Å². The molecule has 0 unspecified atom stereocenters. The van der Waals surface area contributed by atoms with Gasteiger partial charge in [0, 0.05) is 6.07 Å². The summed E-state index contributed by atoms with van der Waals surface area (Å²) in [5.41, 5.74) is 6.56. The monoisotopic (exact) mass is 280 g/mol. The predicted molar refractivity (Wildman–Crippen MR) is 73.3 cm³/mol. The van der Waals surface area contributed by atoms with Crippen LogP contribution in [-0.2, 0) is 9.59 Å². The van der Waals surface area contributed by atoms with Crippen molar-refractivity contribution in [2.75, 3.05) is 18.4 Å². The predicted octanol–water partition coefficient (Wildman–Crippen LogP) is 0.225. The Kier molecular flexibility index (Phi) is 5.15. The summed E-state index contributed by atoms with van der Waals surface area (Å²) in [6, 6.07) is 2.92. The number of carbonyl (C=O) groups excluding carboxylic acids is 2. The standard InChI is InChI=1S/C12H16N4O4/c1-7-3-9(10(16(19)20)4-8(7)2)15-12(18)6-14-11(17)5-13/h3-4H,5-6,13H2,1-2H3,(H,14,17)(H,15,18). The molecule has 0 bridgehead atoms. The van der Waals surface area contributed by atoms with Crippen LogP contribution in [0, 0.1) is 24.0 Å². The number of nitro benzene ring substituents is 1. The number of nitrogens with two attached hydrogens (primary N) is 1. The second kappa shape index (κ2) is 6.62. The van der Waals surface area contributed by atoms with E-state index in [0.717, 1.165) is 11.1 Å². The van der Waals surface area contributed by atoms with Gasteiger partial charge in [-0.1, -0.05) is 0 Å². The molecule has 0 aliphatic rings. The first kappa shape index (κ1) is 15.6. The van der Waals surface area contributed by atoms with Crippen LogP contribution in [-0.4, -0.2) is 29.8 Å². The first-order valence-corrected chi connectivity index (χ1v) is 5.87. The number of amides is 2. The number of hydrogen-bond acceptors (Lipinski definition) is 5. The summed E-state index contributed by atoms with van der Waals surface area (Å²) in [7, 11) is 0. The topological polar surface area (TPSA) is 127 Å². The number of aryl methyl sites for hydroxylation is 2. The SMILES string of the molecule is Cc1cc(NC(=O)CNC(=O)CN)c([N+](=O)[O-])cc1C. The van der Waals surface area contributed by atoms with E-state index in [0.29, 0.717) is 0 Å². The number of hydrogen-bond donors (Lipinski definition) is 3. The molecule has 0 atom stereocenters. The lowest BCUT2D eigenvalue weighted by atomic mass is 10.1. The molecule has 4 N–H and O–H groups in total. The summed E-state index contributed by atoms with van der Waals surface area (Å²) < 4.78 is 0. The number of nitrogens with one attached hydrogen (secondary N) is 2. The van der Waals surface area contributed by atoms with Gasteiger partial charge in [0.05, 0.1) is 18.0 Å². The lowest BCUT2D eigenvalue weighted by Crippen LogP contribution is -2.36. The van der Waals surface area contributed by atoms with Gasteiger partial charge in [0.2, 0.25) is 11.8 Å². The van der Waals surface area contributed by atoms with Gasteiger partial charge in [-0.15, -0.1) is 0 Å². The number of nitro groups is 1. The summed E-state index contributed by atoms with van der Waals surface area (Å²) in [6.45, 7) is 3.01. The number of nitrogens with zero attached hydrogens (tertiary/aromatic N) is 1. The lowest BCUT2D eigenvalue weighted by molar-refractivity contribution is -0.384. The van der Waals surface area contributed by atoms with Crippen LogP contribution in [0.25, 0.3) is 0 Å². The number of anilines is 1. The Hall–Kier alpha value is -2.48. The fraction of sp³-hybridized carbons (Fsp3) is 0.333. The third-order valence-corrected chi connectivity index (χ3v) is 2.71. The van der Waals surface area contributed by atoms with E-state index < -0.39 is 16.7 Å². The van der Waals surface area contributed by atoms with Gasteiger partial charge < -0.3 is 16.4 Å². The molecule has 20 heavy (non-hydrogen) atoms. The van der Waals surface area contributed by atoms with E-state index in [9.17, 15) is 19.7 Å². The molecule has 1 rings (SSSR count). The molecule has 0 aromatic heterocycles. The van der Waals surface area contributed by atoms with Gasteiger partial charge in [0.25, 0.3) is 5.69 Å².